The minimum Gasteiger partial charge on any atom is -0.465 e. The number of carbonyl (C=O) groups excluding carboxylic acids is 2. The molecule has 0 amide bonds. The Morgan fingerprint density at radius 1 is 1.22 bits per heavy atom. The van der Waals surface area contributed by atoms with Gasteiger partial charge in [0.25, 0.3) is 0 Å². The molecule has 0 fully saturated rings. The lowest BCUT2D eigenvalue weighted by Crippen LogP contribution is -2.39. The second-order valence-electron chi connectivity index (χ2n) is 9.61. The molecule has 0 N–H and O–H groups in total. The molecule has 1 unspecified atom stereocenters. The fourth-order valence-electron chi connectivity index (χ4n) is 4.87. The summed E-state index contributed by atoms with van der Waals surface area (Å²) in [6.07, 6.45) is 4.00. The van der Waals surface area contributed by atoms with Crippen LogP contribution >= 0.6 is 15.9 Å². The number of fused-ring (bicyclic) bond motifs is 1. The Morgan fingerprint density at radius 3 is 2.66 bits per heavy atom. The van der Waals surface area contributed by atoms with Crippen LogP contribution in [0.1, 0.15) is 71.3 Å². The summed E-state index contributed by atoms with van der Waals surface area (Å²) in [7, 11) is 0. The lowest BCUT2D eigenvalue weighted by atomic mass is 9.67. The smallest absolute Gasteiger partial charge is 0.315 e. The number of unbranched alkanes of at least 4 members (excludes halogenated alkanes) is 2. The summed E-state index contributed by atoms with van der Waals surface area (Å²) in [6.45, 7) is 8.66. The molecule has 3 aliphatic rings. The molecule has 0 spiro atoms. The highest BCUT2D eigenvalue weighted by molar-refractivity contribution is 9.10. The van der Waals surface area contributed by atoms with Gasteiger partial charge >= 0.3 is 5.97 Å². The lowest BCUT2D eigenvalue weighted by molar-refractivity contribution is -0.146. The Hall–Kier alpha value is -2.15. The van der Waals surface area contributed by atoms with Crippen LogP contribution in [0.15, 0.2) is 32.9 Å². The van der Waals surface area contributed by atoms with Gasteiger partial charge in [-0.1, -0.05) is 49.5 Å². The van der Waals surface area contributed by atoms with Crippen LogP contribution in [0, 0.1) is 11.3 Å². The monoisotopic (exact) mass is 503 g/mol. The van der Waals surface area contributed by atoms with E-state index in [1.165, 1.54) is 0 Å². The Bertz CT molecular complexity index is 1010. The van der Waals surface area contributed by atoms with E-state index in [0.717, 1.165) is 35.0 Å². The van der Waals surface area contributed by atoms with E-state index in [1.807, 2.05) is 19.1 Å². The number of esters is 1. The standard InChI is InChI=1S/C25H30BrNO5/c1-5-6-7-8-30-24(29)21-14(2)27-17-11-25(3,4)12-18(28)23(17)22(21)15-9-19-20(10-16(15)26)32-13-31-19/h9-10,21-22H,5-8,11-13H2,1-4H3/t21?,22-/m0/s1. The molecule has 172 valence electrons. The highest BCUT2D eigenvalue weighted by Gasteiger charge is 2.47. The van der Waals surface area contributed by atoms with Crippen LogP contribution < -0.4 is 9.47 Å². The molecule has 7 heteroatoms. The number of hydrogen-bond donors (Lipinski definition) is 0. The molecule has 1 aromatic carbocycles. The normalized spacial score (nSPS) is 23.7. The van der Waals surface area contributed by atoms with Crippen LogP contribution in [0.2, 0.25) is 0 Å². The van der Waals surface area contributed by atoms with Gasteiger partial charge in [-0.05, 0) is 42.9 Å². The number of rotatable bonds is 6. The van der Waals surface area contributed by atoms with Crippen molar-refractivity contribution >= 4 is 33.4 Å². The molecule has 4 rings (SSSR count). The summed E-state index contributed by atoms with van der Waals surface area (Å²) in [6, 6.07) is 3.73. The number of nitrogens with zero attached hydrogens (tertiary/aromatic N) is 1. The third kappa shape index (κ3) is 4.36. The van der Waals surface area contributed by atoms with Crippen LogP contribution in [-0.2, 0) is 14.3 Å². The third-order valence-electron chi connectivity index (χ3n) is 6.38. The van der Waals surface area contributed by atoms with Crippen LogP contribution in [-0.4, -0.2) is 30.9 Å². The summed E-state index contributed by atoms with van der Waals surface area (Å²) >= 11 is 3.65. The van der Waals surface area contributed by atoms with Crippen molar-refractivity contribution in [1.82, 2.24) is 0 Å². The molecule has 32 heavy (non-hydrogen) atoms. The first-order valence-corrected chi connectivity index (χ1v) is 12.1. The van der Waals surface area contributed by atoms with Crippen molar-refractivity contribution < 1.29 is 23.8 Å². The third-order valence-corrected chi connectivity index (χ3v) is 7.06. The van der Waals surface area contributed by atoms with Crippen LogP contribution in [0.3, 0.4) is 0 Å². The summed E-state index contributed by atoms with van der Waals surface area (Å²) in [5.41, 5.74) is 2.76. The molecule has 0 aromatic heterocycles. The minimum absolute atomic E-state index is 0.0471. The van der Waals surface area contributed by atoms with Gasteiger partial charge in [-0.3, -0.25) is 14.6 Å². The van der Waals surface area contributed by atoms with Crippen LogP contribution in [0.5, 0.6) is 11.5 Å². The van der Waals surface area contributed by atoms with Crippen LogP contribution in [0.25, 0.3) is 0 Å². The van der Waals surface area contributed by atoms with Crippen molar-refractivity contribution in [2.45, 2.75) is 65.7 Å². The van der Waals surface area contributed by atoms with E-state index in [1.54, 1.807) is 0 Å². The number of carbonyl (C=O) groups is 2. The second kappa shape index (κ2) is 9.00. The first-order chi connectivity index (χ1) is 15.2. The average molecular weight is 504 g/mol. The number of allylic oxidation sites excluding steroid dienone is 2. The van der Waals surface area contributed by atoms with Gasteiger partial charge in [0.05, 0.1) is 6.61 Å². The number of halogens is 1. The summed E-state index contributed by atoms with van der Waals surface area (Å²) in [5, 5.41) is 0. The zero-order valence-electron chi connectivity index (χ0n) is 19.1. The second-order valence-corrected chi connectivity index (χ2v) is 10.5. The number of aliphatic imine (C=N–C) groups is 1. The molecule has 0 saturated heterocycles. The average Bonchev–Trinajstić information content (AvgIpc) is 3.15. The zero-order valence-corrected chi connectivity index (χ0v) is 20.7. The van der Waals surface area contributed by atoms with Crippen LogP contribution in [0.4, 0.5) is 0 Å². The maximum atomic E-state index is 13.4. The van der Waals surface area contributed by atoms with Crippen molar-refractivity contribution in [3.8, 4) is 11.5 Å². The van der Waals surface area contributed by atoms with E-state index in [9.17, 15) is 9.59 Å². The quantitative estimate of drug-likeness (QED) is 0.366. The van der Waals surface area contributed by atoms with Crippen molar-refractivity contribution in [2.75, 3.05) is 13.4 Å². The molecule has 0 saturated carbocycles. The highest BCUT2D eigenvalue weighted by atomic mass is 79.9. The highest BCUT2D eigenvalue weighted by Crippen LogP contribution is 2.51. The molecule has 2 heterocycles. The number of ether oxygens (including phenoxy) is 3. The summed E-state index contributed by atoms with van der Waals surface area (Å²) < 4.78 is 17.5. The topological polar surface area (TPSA) is 74.2 Å². The molecule has 1 aliphatic carbocycles. The fraction of sp³-hybridized carbons (Fsp3) is 0.560. The van der Waals surface area contributed by atoms with E-state index in [0.29, 0.717) is 42.2 Å². The van der Waals surface area contributed by atoms with E-state index < -0.39 is 11.8 Å². The largest absolute Gasteiger partial charge is 0.465 e. The molecule has 1 aromatic rings. The first-order valence-electron chi connectivity index (χ1n) is 11.3. The van der Waals surface area contributed by atoms with Gasteiger partial charge in [-0.2, -0.15) is 0 Å². The van der Waals surface area contributed by atoms with Gasteiger partial charge in [0.15, 0.2) is 17.3 Å². The predicted molar refractivity (Wildman–Crippen MR) is 125 cm³/mol. The summed E-state index contributed by atoms with van der Waals surface area (Å²) in [4.78, 5) is 31.5. The summed E-state index contributed by atoms with van der Waals surface area (Å²) in [5.74, 6) is -0.159. The first kappa shape index (κ1) is 23.0. The van der Waals surface area contributed by atoms with E-state index in [2.05, 4.69) is 36.7 Å². The lowest BCUT2D eigenvalue weighted by Gasteiger charge is -2.39. The van der Waals surface area contributed by atoms with E-state index in [-0.39, 0.29) is 24.0 Å². The zero-order chi connectivity index (χ0) is 23.0. The minimum atomic E-state index is -0.655. The Morgan fingerprint density at radius 2 is 1.94 bits per heavy atom. The molecule has 2 aliphatic heterocycles. The van der Waals surface area contributed by atoms with Gasteiger partial charge < -0.3 is 14.2 Å². The van der Waals surface area contributed by atoms with Crippen molar-refractivity contribution in [3.63, 3.8) is 0 Å². The molecule has 6 nitrogen and oxygen atoms in total. The number of hydrogen-bond acceptors (Lipinski definition) is 6. The molecule has 2 atom stereocenters. The maximum absolute atomic E-state index is 13.4. The Labute approximate surface area is 197 Å². The SMILES string of the molecule is CCCCCOC(=O)C1C(C)=NC2=C(C(=O)CC(C)(C)C2)[C@H]1c1cc2c(cc1Br)OCO2. The van der Waals surface area contributed by atoms with E-state index in [4.69, 9.17) is 19.2 Å². The molecule has 0 bridgehead atoms. The Kier molecular flexibility index (Phi) is 6.48. The van der Waals surface area contributed by atoms with Crippen molar-refractivity contribution in [3.05, 3.63) is 33.4 Å². The molecule has 0 radical (unpaired) electrons. The fourth-order valence-corrected chi connectivity index (χ4v) is 5.44. The van der Waals surface area contributed by atoms with Gasteiger partial charge in [0, 0.05) is 33.8 Å². The number of ketones is 1. The molecular formula is C25H30BrNO5. The predicted octanol–water partition coefficient (Wildman–Crippen LogP) is 5.73. The van der Waals surface area contributed by atoms with Crippen molar-refractivity contribution in [1.29, 1.82) is 0 Å². The number of benzene rings is 1. The Balaban J connectivity index is 1.79. The van der Waals surface area contributed by atoms with Gasteiger partial charge in [0.1, 0.15) is 5.92 Å². The maximum Gasteiger partial charge on any atom is 0.315 e. The number of Topliss-reactive ketones (excluding diaryl/α,β-unsaturated/α-hetero) is 1. The van der Waals surface area contributed by atoms with Crippen molar-refractivity contribution in [2.24, 2.45) is 16.3 Å². The molecular weight excluding hydrogens is 474 g/mol. The van der Waals surface area contributed by atoms with Gasteiger partial charge in [-0.25, -0.2) is 0 Å². The van der Waals surface area contributed by atoms with Gasteiger partial charge in [-0.15, -0.1) is 0 Å². The van der Waals surface area contributed by atoms with Gasteiger partial charge in [0.2, 0.25) is 6.79 Å². The van der Waals surface area contributed by atoms with E-state index >= 15 is 0 Å².